The number of rotatable bonds is 2. The Bertz CT molecular complexity index is 378. The average Bonchev–Trinajstić information content (AvgIpc) is 2.58. The predicted octanol–water partition coefficient (Wildman–Crippen LogP) is 3.23. The zero-order chi connectivity index (χ0) is 12.3. The summed E-state index contributed by atoms with van der Waals surface area (Å²) in [4.78, 5) is 2.47. The minimum absolute atomic E-state index is 0.593. The molecule has 94 valence electrons. The molecule has 1 aromatic rings. The lowest BCUT2D eigenvalue weighted by Gasteiger charge is -2.27. The summed E-state index contributed by atoms with van der Waals surface area (Å²) in [5.74, 6) is 0. The SMILES string of the molecule is CCC1CN(c2cccc(Cl)c2C)CCCN1. The van der Waals surface area contributed by atoms with Crippen molar-refractivity contribution in [1.29, 1.82) is 0 Å². The number of halogens is 1. The predicted molar refractivity (Wildman–Crippen MR) is 75.1 cm³/mol. The summed E-state index contributed by atoms with van der Waals surface area (Å²) in [5, 5.41) is 4.46. The first-order chi connectivity index (χ1) is 8.22. The van der Waals surface area contributed by atoms with Gasteiger partial charge in [-0.15, -0.1) is 0 Å². The van der Waals surface area contributed by atoms with Crippen molar-refractivity contribution < 1.29 is 0 Å². The Morgan fingerprint density at radius 1 is 1.47 bits per heavy atom. The van der Waals surface area contributed by atoms with Crippen LogP contribution in [0.1, 0.15) is 25.3 Å². The van der Waals surface area contributed by atoms with E-state index in [1.165, 1.54) is 24.1 Å². The highest BCUT2D eigenvalue weighted by Gasteiger charge is 2.18. The summed E-state index contributed by atoms with van der Waals surface area (Å²) in [5.41, 5.74) is 2.49. The van der Waals surface area contributed by atoms with E-state index in [0.29, 0.717) is 6.04 Å². The van der Waals surface area contributed by atoms with Gasteiger partial charge in [-0.05, 0) is 44.0 Å². The van der Waals surface area contributed by atoms with Gasteiger partial charge in [0, 0.05) is 29.8 Å². The molecule has 2 rings (SSSR count). The van der Waals surface area contributed by atoms with Gasteiger partial charge in [0.1, 0.15) is 0 Å². The van der Waals surface area contributed by atoms with Crippen LogP contribution in [0.15, 0.2) is 18.2 Å². The molecule has 2 nitrogen and oxygen atoms in total. The number of hydrogen-bond donors (Lipinski definition) is 1. The Morgan fingerprint density at radius 3 is 3.06 bits per heavy atom. The molecule has 1 unspecified atom stereocenters. The number of nitrogens with one attached hydrogen (secondary N) is 1. The summed E-state index contributed by atoms with van der Waals surface area (Å²) in [6.07, 6.45) is 2.37. The lowest BCUT2D eigenvalue weighted by atomic mass is 10.1. The molecule has 1 heterocycles. The van der Waals surface area contributed by atoms with Crippen LogP contribution >= 0.6 is 11.6 Å². The largest absolute Gasteiger partial charge is 0.370 e. The van der Waals surface area contributed by atoms with Gasteiger partial charge in [-0.25, -0.2) is 0 Å². The van der Waals surface area contributed by atoms with E-state index >= 15 is 0 Å². The normalized spacial score (nSPS) is 21.4. The van der Waals surface area contributed by atoms with Gasteiger partial charge in [0.05, 0.1) is 0 Å². The van der Waals surface area contributed by atoms with Gasteiger partial charge in [0.25, 0.3) is 0 Å². The van der Waals surface area contributed by atoms with Gasteiger partial charge in [0.2, 0.25) is 0 Å². The molecule has 17 heavy (non-hydrogen) atoms. The van der Waals surface area contributed by atoms with Crippen LogP contribution in [0.4, 0.5) is 5.69 Å². The molecule has 1 atom stereocenters. The Balaban J connectivity index is 2.22. The van der Waals surface area contributed by atoms with Crippen molar-refractivity contribution in [2.75, 3.05) is 24.5 Å². The minimum atomic E-state index is 0.593. The van der Waals surface area contributed by atoms with Crippen molar-refractivity contribution in [3.05, 3.63) is 28.8 Å². The highest BCUT2D eigenvalue weighted by molar-refractivity contribution is 6.31. The third-order valence-corrected chi connectivity index (χ3v) is 3.96. The first kappa shape index (κ1) is 12.7. The first-order valence-electron chi connectivity index (χ1n) is 6.45. The molecule has 0 radical (unpaired) electrons. The molecule has 0 spiro atoms. The van der Waals surface area contributed by atoms with E-state index in [2.05, 4.69) is 30.1 Å². The van der Waals surface area contributed by atoms with Gasteiger partial charge in [-0.2, -0.15) is 0 Å². The summed E-state index contributed by atoms with van der Waals surface area (Å²) in [6.45, 7) is 7.67. The van der Waals surface area contributed by atoms with Crippen LogP contribution in [0.2, 0.25) is 5.02 Å². The highest BCUT2D eigenvalue weighted by Crippen LogP contribution is 2.27. The average molecular weight is 253 g/mol. The van der Waals surface area contributed by atoms with Crippen molar-refractivity contribution >= 4 is 17.3 Å². The monoisotopic (exact) mass is 252 g/mol. The lowest BCUT2D eigenvalue weighted by Crippen LogP contribution is -2.37. The fraction of sp³-hybridized carbons (Fsp3) is 0.571. The quantitative estimate of drug-likeness (QED) is 0.870. The standard InChI is InChI=1S/C14H21ClN2/c1-3-12-10-17(9-5-8-16-12)14-7-4-6-13(15)11(14)2/h4,6-7,12,16H,3,5,8-10H2,1-2H3. The lowest BCUT2D eigenvalue weighted by molar-refractivity contribution is 0.528. The van der Waals surface area contributed by atoms with Crippen LogP contribution in [0.25, 0.3) is 0 Å². The molecule has 1 aliphatic rings. The van der Waals surface area contributed by atoms with Gasteiger partial charge in [-0.1, -0.05) is 24.6 Å². The Kier molecular flexibility index (Phi) is 4.30. The topological polar surface area (TPSA) is 15.3 Å². The van der Waals surface area contributed by atoms with Crippen molar-refractivity contribution in [2.45, 2.75) is 32.7 Å². The fourth-order valence-electron chi connectivity index (χ4n) is 2.43. The molecule has 3 heteroatoms. The molecule has 1 aliphatic heterocycles. The highest BCUT2D eigenvalue weighted by atomic mass is 35.5. The molecular formula is C14H21ClN2. The van der Waals surface area contributed by atoms with E-state index in [0.717, 1.165) is 24.7 Å². The van der Waals surface area contributed by atoms with E-state index < -0.39 is 0 Å². The number of nitrogens with zero attached hydrogens (tertiary/aromatic N) is 1. The first-order valence-corrected chi connectivity index (χ1v) is 6.83. The third-order valence-electron chi connectivity index (χ3n) is 3.55. The molecule has 1 N–H and O–H groups in total. The second-order valence-corrected chi connectivity index (χ2v) is 5.15. The second-order valence-electron chi connectivity index (χ2n) is 4.74. The third kappa shape index (κ3) is 2.93. The van der Waals surface area contributed by atoms with E-state index in [9.17, 15) is 0 Å². The van der Waals surface area contributed by atoms with Crippen LogP contribution in [0.3, 0.4) is 0 Å². The molecular weight excluding hydrogens is 232 g/mol. The van der Waals surface area contributed by atoms with Crippen LogP contribution in [0.5, 0.6) is 0 Å². The molecule has 0 saturated carbocycles. The van der Waals surface area contributed by atoms with E-state index in [4.69, 9.17) is 11.6 Å². The van der Waals surface area contributed by atoms with Gasteiger partial charge in [-0.3, -0.25) is 0 Å². The summed E-state index contributed by atoms with van der Waals surface area (Å²) < 4.78 is 0. The second kappa shape index (κ2) is 5.74. The molecule has 0 aliphatic carbocycles. The van der Waals surface area contributed by atoms with Crippen LogP contribution in [0, 0.1) is 6.92 Å². The molecule has 1 saturated heterocycles. The van der Waals surface area contributed by atoms with Crippen LogP contribution < -0.4 is 10.2 Å². The molecule has 0 amide bonds. The number of hydrogen-bond acceptors (Lipinski definition) is 2. The molecule has 1 fully saturated rings. The zero-order valence-electron chi connectivity index (χ0n) is 10.7. The van der Waals surface area contributed by atoms with Crippen molar-refractivity contribution in [3.63, 3.8) is 0 Å². The van der Waals surface area contributed by atoms with Crippen LogP contribution in [-0.2, 0) is 0 Å². The van der Waals surface area contributed by atoms with Gasteiger partial charge >= 0.3 is 0 Å². The smallest absolute Gasteiger partial charge is 0.0455 e. The van der Waals surface area contributed by atoms with E-state index in [1.807, 2.05) is 12.1 Å². The molecule has 0 bridgehead atoms. The summed E-state index contributed by atoms with van der Waals surface area (Å²) in [7, 11) is 0. The van der Waals surface area contributed by atoms with E-state index in [1.54, 1.807) is 0 Å². The summed E-state index contributed by atoms with van der Waals surface area (Å²) >= 11 is 6.20. The van der Waals surface area contributed by atoms with E-state index in [-0.39, 0.29) is 0 Å². The maximum Gasteiger partial charge on any atom is 0.0455 e. The van der Waals surface area contributed by atoms with Crippen molar-refractivity contribution in [1.82, 2.24) is 5.32 Å². The minimum Gasteiger partial charge on any atom is -0.370 e. The van der Waals surface area contributed by atoms with Crippen molar-refractivity contribution in [3.8, 4) is 0 Å². The molecule has 1 aromatic carbocycles. The van der Waals surface area contributed by atoms with Crippen LogP contribution in [-0.4, -0.2) is 25.7 Å². The zero-order valence-corrected chi connectivity index (χ0v) is 11.4. The maximum atomic E-state index is 6.20. The maximum absolute atomic E-state index is 6.20. The van der Waals surface area contributed by atoms with Gasteiger partial charge in [0.15, 0.2) is 0 Å². The molecule has 0 aromatic heterocycles. The Hall–Kier alpha value is -0.730. The Morgan fingerprint density at radius 2 is 2.29 bits per heavy atom. The Labute approximate surface area is 109 Å². The number of anilines is 1. The van der Waals surface area contributed by atoms with Gasteiger partial charge < -0.3 is 10.2 Å². The van der Waals surface area contributed by atoms with Crippen molar-refractivity contribution in [2.24, 2.45) is 0 Å². The number of benzene rings is 1. The fourth-order valence-corrected chi connectivity index (χ4v) is 2.60. The summed E-state index contributed by atoms with van der Waals surface area (Å²) in [6, 6.07) is 6.78.